The number of rotatable bonds is 12. The van der Waals surface area contributed by atoms with E-state index >= 15 is 0 Å². The number of nitrogens with one attached hydrogen (secondary N) is 2. The van der Waals surface area contributed by atoms with Crippen LogP contribution in [0.4, 0.5) is 0 Å². The number of aromatic amines is 1. The molecule has 0 aliphatic heterocycles. The molecule has 0 saturated carbocycles. The number of nitrogens with two attached hydrogens (primary N) is 1. The van der Waals surface area contributed by atoms with Gasteiger partial charge in [0, 0.05) is 49.0 Å². The van der Waals surface area contributed by atoms with Crippen LogP contribution in [0.15, 0.2) is 43.0 Å². The zero-order chi connectivity index (χ0) is 24.7. The molecule has 2 aromatic heterocycles. The number of ether oxygens (including phenoxy) is 1. The van der Waals surface area contributed by atoms with Gasteiger partial charge in [-0.1, -0.05) is 18.2 Å². The minimum Gasteiger partial charge on any atom is -0.481 e. The second-order valence-electron chi connectivity index (χ2n) is 7.71. The number of aliphatic carboxylic acids is 2. The maximum absolute atomic E-state index is 12.8. The predicted molar refractivity (Wildman–Crippen MR) is 119 cm³/mol. The zero-order valence-electron chi connectivity index (χ0n) is 18.1. The Labute approximate surface area is 193 Å². The summed E-state index contributed by atoms with van der Waals surface area (Å²) < 4.78 is 6.33. The van der Waals surface area contributed by atoms with Gasteiger partial charge in [-0.25, -0.2) is 9.78 Å². The molecule has 0 amide bonds. The second kappa shape index (κ2) is 11.1. The Balaban J connectivity index is 1.74. The first-order valence-electron chi connectivity index (χ1n) is 10.5. The number of para-hydroxylation sites is 1. The van der Waals surface area contributed by atoms with Crippen molar-refractivity contribution in [3.05, 3.63) is 54.2 Å². The molecule has 0 aliphatic rings. The smallest absolute Gasteiger partial charge is 0.338 e. The van der Waals surface area contributed by atoms with Crippen molar-refractivity contribution in [2.24, 2.45) is 5.73 Å². The molecule has 2 heterocycles. The highest BCUT2D eigenvalue weighted by atomic mass is 16.6. The predicted octanol–water partition coefficient (Wildman–Crippen LogP) is 0.798. The minimum absolute atomic E-state index is 0.0103. The largest absolute Gasteiger partial charge is 0.481 e. The van der Waals surface area contributed by atoms with Crippen LogP contribution in [0.2, 0.25) is 0 Å². The van der Waals surface area contributed by atoms with Crippen molar-refractivity contribution in [1.29, 1.82) is 0 Å². The summed E-state index contributed by atoms with van der Waals surface area (Å²) in [7, 11) is 0. The lowest BCUT2D eigenvalue weighted by molar-refractivity contribution is -0.160. The van der Waals surface area contributed by atoms with Gasteiger partial charge >= 0.3 is 23.9 Å². The topological polar surface area (TPSA) is 190 Å². The number of aromatic nitrogens is 3. The molecule has 34 heavy (non-hydrogen) atoms. The normalized spacial score (nSPS) is 12.7. The molecule has 6 N–H and O–H groups in total. The van der Waals surface area contributed by atoms with E-state index < -0.39 is 36.0 Å². The summed E-state index contributed by atoms with van der Waals surface area (Å²) in [6.45, 7) is 0. The van der Waals surface area contributed by atoms with Gasteiger partial charge in [0.2, 0.25) is 0 Å². The van der Waals surface area contributed by atoms with Crippen LogP contribution in [0.3, 0.4) is 0 Å². The molecule has 0 bridgehead atoms. The van der Waals surface area contributed by atoms with Crippen molar-refractivity contribution in [2.45, 2.75) is 44.2 Å². The van der Waals surface area contributed by atoms with E-state index in [9.17, 15) is 19.2 Å². The van der Waals surface area contributed by atoms with Crippen molar-refractivity contribution in [2.75, 3.05) is 5.43 Å². The van der Waals surface area contributed by atoms with E-state index in [4.69, 9.17) is 20.7 Å². The number of benzene rings is 1. The van der Waals surface area contributed by atoms with Crippen molar-refractivity contribution >= 4 is 34.8 Å². The van der Waals surface area contributed by atoms with Crippen molar-refractivity contribution in [3.8, 4) is 0 Å². The fourth-order valence-corrected chi connectivity index (χ4v) is 3.35. The third kappa shape index (κ3) is 6.65. The number of hydrogen-bond donors (Lipinski definition) is 5. The van der Waals surface area contributed by atoms with Gasteiger partial charge < -0.3 is 31.1 Å². The molecule has 0 fully saturated rings. The van der Waals surface area contributed by atoms with Crippen LogP contribution in [-0.4, -0.2) is 60.8 Å². The number of H-pyrrole nitrogens is 1. The van der Waals surface area contributed by atoms with Gasteiger partial charge in [0.15, 0.2) is 0 Å². The summed E-state index contributed by atoms with van der Waals surface area (Å²) in [5, 5.41) is 18.6. The fraction of sp³-hybridized carbons (Fsp3) is 0.318. The number of carboxylic acid groups (broad SMARTS) is 2. The quantitative estimate of drug-likeness (QED) is 0.186. The van der Waals surface area contributed by atoms with Gasteiger partial charge in [0.1, 0.15) is 18.4 Å². The molecule has 0 radical (unpaired) electrons. The number of esters is 2. The number of fused-ring (bicyclic) bond motifs is 1. The Morgan fingerprint density at radius 1 is 1.15 bits per heavy atom. The van der Waals surface area contributed by atoms with E-state index in [0.717, 1.165) is 16.5 Å². The van der Waals surface area contributed by atoms with E-state index in [1.165, 1.54) is 17.2 Å². The first-order chi connectivity index (χ1) is 16.2. The number of carbonyl (C=O) groups is 4. The summed E-state index contributed by atoms with van der Waals surface area (Å²) in [6, 6.07) is 5.39. The third-order valence-electron chi connectivity index (χ3n) is 5.06. The first kappa shape index (κ1) is 24.5. The summed E-state index contributed by atoms with van der Waals surface area (Å²) in [4.78, 5) is 53.7. The Morgan fingerprint density at radius 2 is 1.91 bits per heavy atom. The first-order valence-corrected chi connectivity index (χ1v) is 10.5. The Morgan fingerprint density at radius 3 is 2.65 bits per heavy atom. The lowest BCUT2D eigenvalue weighted by atomic mass is 10.1. The SMILES string of the molecule is N[C@@H](Cc1cn(N[C@@H](Cc2c[nH]c3ccccc23)C(=O)OC(=O)CCCC(=O)O)cn1)C(=O)O. The van der Waals surface area contributed by atoms with E-state index in [2.05, 4.69) is 15.4 Å². The van der Waals surface area contributed by atoms with Crippen molar-refractivity contribution in [1.82, 2.24) is 14.6 Å². The number of imidazole rings is 1. The van der Waals surface area contributed by atoms with E-state index in [0.29, 0.717) is 5.69 Å². The minimum atomic E-state index is -1.16. The lowest BCUT2D eigenvalue weighted by Crippen LogP contribution is -2.39. The number of hydrogen-bond acceptors (Lipinski definition) is 8. The molecule has 12 nitrogen and oxygen atoms in total. The summed E-state index contributed by atoms with van der Waals surface area (Å²) in [6.07, 6.45) is 4.39. The molecule has 3 aromatic rings. The average molecular weight is 471 g/mol. The second-order valence-corrected chi connectivity index (χ2v) is 7.71. The monoisotopic (exact) mass is 471 g/mol. The molecule has 12 heteroatoms. The molecule has 1 aromatic carbocycles. The van der Waals surface area contributed by atoms with Crippen LogP contribution in [0, 0.1) is 0 Å². The van der Waals surface area contributed by atoms with E-state index in [1.54, 1.807) is 6.20 Å². The van der Waals surface area contributed by atoms with Gasteiger partial charge in [0.25, 0.3) is 0 Å². The van der Waals surface area contributed by atoms with Gasteiger partial charge in [-0.2, -0.15) is 0 Å². The van der Waals surface area contributed by atoms with Crippen LogP contribution >= 0.6 is 0 Å². The van der Waals surface area contributed by atoms with Crippen LogP contribution in [0.1, 0.15) is 30.5 Å². The average Bonchev–Trinajstić information content (AvgIpc) is 3.39. The molecule has 0 spiro atoms. The van der Waals surface area contributed by atoms with E-state index in [-0.39, 0.29) is 32.1 Å². The molecule has 0 aliphatic carbocycles. The standard InChI is InChI=1S/C22H25N5O7/c23-16(21(31)32)9-14-11-27(12-25-14)26-18(22(33)34-20(30)7-3-6-19(28)29)8-13-10-24-17-5-2-1-4-15(13)17/h1-2,4-5,10-12,16,18,24,26H,3,6-9,23H2,(H,28,29)(H,31,32)/t16-,18-/m0/s1. The van der Waals surface area contributed by atoms with Gasteiger partial charge in [-0.3, -0.25) is 19.1 Å². The fourth-order valence-electron chi connectivity index (χ4n) is 3.35. The molecule has 2 atom stereocenters. The summed E-state index contributed by atoms with van der Waals surface area (Å²) >= 11 is 0. The number of carboxylic acids is 2. The van der Waals surface area contributed by atoms with Crippen molar-refractivity contribution < 1.29 is 34.1 Å². The molecular formula is C22H25N5O7. The Hall–Kier alpha value is -4.19. The number of nitrogens with zero attached hydrogens (tertiary/aromatic N) is 2. The molecule has 3 rings (SSSR count). The molecular weight excluding hydrogens is 446 g/mol. The Kier molecular flexibility index (Phi) is 7.98. The van der Waals surface area contributed by atoms with E-state index in [1.807, 2.05) is 24.3 Å². The lowest BCUT2D eigenvalue weighted by Gasteiger charge is -2.18. The van der Waals surface area contributed by atoms with Crippen LogP contribution in [0.25, 0.3) is 10.9 Å². The molecule has 180 valence electrons. The van der Waals surface area contributed by atoms with Crippen LogP contribution < -0.4 is 11.2 Å². The van der Waals surface area contributed by atoms with Gasteiger partial charge in [-0.05, 0) is 18.1 Å². The maximum atomic E-state index is 12.8. The van der Waals surface area contributed by atoms with Gasteiger partial charge in [-0.15, -0.1) is 0 Å². The summed E-state index contributed by atoms with van der Waals surface area (Å²) in [5.74, 6) is -3.87. The number of carbonyl (C=O) groups excluding carboxylic acids is 2. The highest BCUT2D eigenvalue weighted by molar-refractivity contribution is 5.90. The maximum Gasteiger partial charge on any atom is 0.338 e. The molecule has 0 saturated heterocycles. The highest BCUT2D eigenvalue weighted by Crippen LogP contribution is 2.20. The van der Waals surface area contributed by atoms with Crippen LogP contribution in [0.5, 0.6) is 0 Å². The molecule has 0 unspecified atom stereocenters. The van der Waals surface area contributed by atoms with Gasteiger partial charge in [0.05, 0.1) is 5.69 Å². The van der Waals surface area contributed by atoms with Crippen molar-refractivity contribution in [3.63, 3.8) is 0 Å². The summed E-state index contributed by atoms with van der Waals surface area (Å²) in [5.41, 5.74) is 10.5. The van der Waals surface area contributed by atoms with Crippen LogP contribution in [-0.2, 0) is 36.8 Å². The Bertz CT molecular complexity index is 1190. The third-order valence-corrected chi connectivity index (χ3v) is 5.06. The highest BCUT2D eigenvalue weighted by Gasteiger charge is 2.25. The zero-order valence-corrected chi connectivity index (χ0v) is 18.1.